The average Bonchev–Trinajstić information content (AvgIpc) is 2.29. The molecule has 1 nitrogen and oxygen atoms in total. The summed E-state index contributed by atoms with van der Waals surface area (Å²) in [5, 5.41) is 3.15. The molecule has 0 radical (unpaired) electrons. The van der Waals surface area contributed by atoms with Crippen LogP contribution in [0, 0.1) is 0 Å². The van der Waals surface area contributed by atoms with Crippen LogP contribution in [0.25, 0.3) is 0 Å². The summed E-state index contributed by atoms with van der Waals surface area (Å²) in [4.78, 5) is 0. The second-order valence-corrected chi connectivity index (χ2v) is 3.05. The molecule has 1 rings (SSSR count). The first kappa shape index (κ1) is 13.2. The van der Waals surface area contributed by atoms with Crippen LogP contribution in [0.1, 0.15) is 32.3 Å². The maximum atomic E-state index is 3.15. The molecule has 80 valence electrons. The van der Waals surface area contributed by atoms with E-state index < -0.39 is 0 Å². The van der Waals surface area contributed by atoms with Gasteiger partial charge in [0, 0.05) is 0 Å². The molecule has 1 aromatic rings. The van der Waals surface area contributed by atoms with Crippen molar-refractivity contribution in [2.24, 2.45) is 0 Å². The molecule has 0 amide bonds. The quantitative estimate of drug-likeness (QED) is 0.708. The van der Waals surface area contributed by atoms with Gasteiger partial charge in [-0.3, -0.25) is 0 Å². The average molecular weight is 193 g/mol. The summed E-state index contributed by atoms with van der Waals surface area (Å²) < 4.78 is 0. The summed E-state index contributed by atoms with van der Waals surface area (Å²) in [6, 6.07) is 10.7. The molecular formula is C13H23N. The molecule has 0 saturated heterocycles. The smallest absolute Gasteiger partial charge is 0.00518 e. The normalized spacial score (nSPS) is 9.07. The van der Waals surface area contributed by atoms with E-state index in [2.05, 4.69) is 35.6 Å². The molecule has 0 spiro atoms. The molecule has 0 atom stereocenters. The minimum absolute atomic E-state index is 1.13. The molecule has 14 heavy (non-hydrogen) atoms. The van der Waals surface area contributed by atoms with Crippen molar-refractivity contribution in [1.82, 2.24) is 5.32 Å². The molecule has 0 aliphatic rings. The van der Waals surface area contributed by atoms with Gasteiger partial charge in [0.2, 0.25) is 0 Å². The van der Waals surface area contributed by atoms with E-state index in [1.165, 1.54) is 24.8 Å². The van der Waals surface area contributed by atoms with E-state index in [4.69, 9.17) is 0 Å². The Labute approximate surface area is 88.5 Å². The van der Waals surface area contributed by atoms with Gasteiger partial charge in [0.1, 0.15) is 0 Å². The Morgan fingerprint density at radius 3 is 2.21 bits per heavy atom. The summed E-state index contributed by atoms with van der Waals surface area (Å²) in [6.07, 6.45) is 3.76. The van der Waals surface area contributed by atoms with Crippen LogP contribution in [0.3, 0.4) is 0 Å². The van der Waals surface area contributed by atoms with E-state index in [0.717, 1.165) is 6.54 Å². The van der Waals surface area contributed by atoms with Crippen molar-refractivity contribution in [3.8, 4) is 0 Å². The highest BCUT2D eigenvalue weighted by molar-refractivity contribution is 5.14. The van der Waals surface area contributed by atoms with E-state index in [1.54, 1.807) is 0 Å². The monoisotopic (exact) mass is 193 g/mol. The Kier molecular flexibility index (Phi) is 9.66. The van der Waals surface area contributed by atoms with E-state index in [9.17, 15) is 0 Å². The van der Waals surface area contributed by atoms with Crippen LogP contribution >= 0.6 is 0 Å². The summed E-state index contributed by atoms with van der Waals surface area (Å²) in [6.45, 7) is 5.13. The minimum Gasteiger partial charge on any atom is -0.320 e. The fourth-order valence-electron chi connectivity index (χ4n) is 1.28. The zero-order chi connectivity index (χ0) is 10.6. The van der Waals surface area contributed by atoms with Gasteiger partial charge in [0.05, 0.1) is 0 Å². The number of hydrogen-bond acceptors (Lipinski definition) is 1. The van der Waals surface area contributed by atoms with Crippen LogP contribution in [0.5, 0.6) is 0 Å². The number of hydrogen-bond donors (Lipinski definition) is 1. The molecule has 0 aromatic heterocycles. The highest BCUT2D eigenvalue weighted by Gasteiger charge is 1.90. The van der Waals surface area contributed by atoms with E-state index in [0.29, 0.717) is 0 Å². The first-order chi connectivity index (χ1) is 6.93. The maximum absolute atomic E-state index is 3.15. The topological polar surface area (TPSA) is 12.0 Å². The Morgan fingerprint density at radius 1 is 1.00 bits per heavy atom. The number of aryl methyl sites for hydroxylation is 1. The zero-order valence-electron chi connectivity index (χ0n) is 9.72. The van der Waals surface area contributed by atoms with Crippen molar-refractivity contribution >= 4 is 0 Å². The number of unbranched alkanes of at least 4 members (excludes halogenated alkanes) is 1. The molecule has 0 heterocycles. The molecule has 1 heteroatoms. The van der Waals surface area contributed by atoms with Crippen LogP contribution in [0.2, 0.25) is 0 Å². The van der Waals surface area contributed by atoms with E-state index >= 15 is 0 Å². The van der Waals surface area contributed by atoms with Crippen LogP contribution in [-0.2, 0) is 6.42 Å². The Bertz CT molecular complexity index is 194. The van der Waals surface area contributed by atoms with Gasteiger partial charge in [-0.05, 0) is 38.4 Å². The lowest BCUT2D eigenvalue weighted by molar-refractivity contribution is 0.677. The lowest BCUT2D eigenvalue weighted by Gasteiger charge is -2.00. The highest BCUT2D eigenvalue weighted by Crippen LogP contribution is 2.03. The number of rotatable bonds is 5. The molecule has 0 aliphatic carbocycles. The molecule has 0 aliphatic heterocycles. The second-order valence-electron chi connectivity index (χ2n) is 3.05. The van der Waals surface area contributed by atoms with Crippen molar-refractivity contribution in [3.63, 3.8) is 0 Å². The van der Waals surface area contributed by atoms with Crippen molar-refractivity contribution in [3.05, 3.63) is 35.9 Å². The minimum atomic E-state index is 1.13. The van der Waals surface area contributed by atoms with Gasteiger partial charge in [-0.2, -0.15) is 0 Å². The summed E-state index contributed by atoms with van der Waals surface area (Å²) >= 11 is 0. The molecular weight excluding hydrogens is 170 g/mol. The maximum Gasteiger partial charge on any atom is -0.00518 e. The third-order valence-electron chi connectivity index (χ3n) is 1.99. The standard InChI is InChI=1S/C11H17N.C2H6/c1-12-10-6-5-9-11-7-3-2-4-8-11;1-2/h2-4,7-8,12H,5-6,9-10H2,1H3;1-2H3. The van der Waals surface area contributed by atoms with Gasteiger partial charge in [-0.25, -0.2) is 0 Å². The van der Waals surface area contributed by atoms with Crippen molar-refractivity contribution < 1.29 is 0 Å². The SMILES string of the molecule is CC.CNCCCCc1ccccc1. The molecule has 0 saturated carbocycles. The lowest BCUT2D eigenvalue weighted by Crippen LogP contribution is -2.07. The zero-order valence-corrected chi connectivity index (χ0v) is 9.72. The van der Waals surface area contributed by atoms with Gasteiger partial charge < -0.3 is 5.32 Å². The molecule has 0 bridgehead atoms. The fourth-order valence-corrected chi connectivity index (χ4v) is 1.28. The second kappa shape index (κ2) is 10.3. The van der Waals surface area contributed by atoms with Crippen molar-refractivity contribution in [2.45, 2.75) is 33.1 Å². The largest absolute Gasteiger partial charge is 0.320 e. The molecule has 1 N–H and O–H groups in total. The van der Waals surface area contributed by atoms with Gasteiger partial charge >= 0.3 is 0 Å². The van der Waals surface area contributed by atoms with Gasteiger partial charge in [-0.1, -0.05) is 44.2 Å². The fraction of sp³-hybridized carbons (Fsp3) is 0.538. The highest BCUT2D eigenvalue weighted by atomic mass is 14.8. The third-order valence-corrected chi connectivity index (χ3v) is 1.99. The number of nitrogens with one attached hydrogen (secondary N) is 1. The van der Waals surface area contributed by atoms with Crippen molar-refractivity contribution in [1.29, 1.82) is 0 Å². The van der Waals surface area contributed by atoms with Gasteiger partial charge in [0.15, 0.2) is 0 Å². The third kappa shape index (κ3) is 6.67. The predicted octanol–water partition coefficient (Wildman–Crippen LogP) is 3.25. The summed E-state index contributed by atoms with van der Waals surface area (Å²) in [7, 11) is 2.00. The van der Waals surface area contributed by atoms with Crippen LogP contribution in [0.4, 0.5) is 0 Å². The Morgan fingerprint density at radius 2 is 1.64 bits per heavy atom. The predicted molar refractivity (Wildman–Crippen MR) is 64.7 cm³/mol. The van der Waals surface area contributed by atoms with E-state index in [-0.39, 0.29) is 0 Å². The van der Waals surface area contributed by atoms with Gasteiger partial charge in [-0.15, -0.1) is 0 Å². The summed E-state index contributed by atoms with van der Waals surface area (Å²) in [5.41, 5.74) is 1.45. The van der Waals surface area contributed by atoms with Crippen LogP contribution in [-0.4, -0.2) is 13.6 Å². The molecule has 0 unspecified atom stereocenters. The van der Waals surface area contributed by atoms with Gasteiger partial charge in [0.25, 0.3) is 0 Å². The van der Waals surface area contributed by atoms with E-state index in [1.807, 2.05) is 20.9 Å². The first-order valence-corrected chi connectivity index (χ1v) is 5.62. The van der Waals surface area contributed by atoms with Crippen LogP contribution < -0.4 is 5.32 Å². The number of benzene rings is 1. The Hall–Kier alpha value is -0.820. The molecule has 1 aromatic carbocycles. The lowest BCUT2D eigenvalue weighted by atomic mass is 10.1. The van der Waals surface area contributed by atoms with Crippen LogP contribution in [0.15, 0.2) is 30.3 Å². The van der Waals surface area contributed by atoms with Crippen molar-refractivity contribution in [2.75, 3.05) is 13.6 Å². The Balaban J connectivity index is 0.000000791. The summed E-state index contributed by atoms with van der Waals surface area (Å²) in [5.74, 6) is 0. The molecule has 0 fully saturated rings. The first-order valence-electron chi connectivity index (χ1n) is 5.62.